The molecule has 0 unspecified atom stereocenters. The second-order valence-corrected chi connectivity index (χ2v) is 7.77. The van der Waals surface area contributed by atoms with Crippen molar-refractivity contribution in [2.24, 2.45) is 0 Å². The van der Waals surface area contributed by atoms with Crippen molar-refractivity contribution in [1.29, 1.82) is 0 Å². The highest BCUT2D eigenvalue weighted by Crippen LogP contribution is 2.40. The fraction of sp³-hybridized carbons (Fsp3) is 0.238. The molecule has 11 heteroatoms. The number of amides is 1. The van der Waals surface area contributed by atoms with Gasteiger partial charge < -0.3 is 18.9 Å². The van der Waals surface area contributed by atoms with Gasteiger partial charge in [-0.1, -0.05) is 12.1 Å². The third kappa shape index (κ3) is 5.22. The van der Waals surface area contributed by atoms with E-state index in [0.717, 1.165) is 10.4 Å². The van der Waals surface area contributed by atoms with Crippen molar-refractivity contribution in [2.45, 2.75) is 12.8 Å². The van der Waals surface area contributed by atoms with Crippen molar-refractivity contribution in [3.63, 3.8) is 0 Å². The van der Waals surface area contributed by atoms with E-state index in [9.17, 15) is 18.0 Å². The molecule has 1 aliphatic rings. The number of hydrogen-bond donors (Lipinski definition) is 1. The number of benzene rings is 2. The topological polar surface area (TPSA) is 78.9 Å². The lowest BCUT2D eigenvalue weighted by Crippen LogP contribution is -2.18. The molecule has 1 N–H and O–H groups in total. The van der Waals surface area contributed by atoms with E-state index in [1.165, 1.54) is 30.6 Å². The standard InChI is InChI=1S/C21H17F3N2O5S/c1-28-16-9-13(10-17-18(16)30-7-6-29-17)19(27)26-20-25-11-15(32-20)8-12-2-4-14(5-3-12)31-21(22,23)24/h2-5,9-11H,6-8H2,1H3,(H,25,26,27). The van der Waals surface area contributed by atoms with Crippen LogP contribution in [0.1, 0.15) is 20.8 Å². The fourth-order valence-electron chi connectivity index (χ4n) is 3.03. The van der Waals surface area contributed by atoms with Crippen molar-refractivity contribution in [2.75, 3.05) is 25.6 Å². The smallest absolute Gasteiger partial charge is 0.493 e. The third-order valence-electron chi connectivity index (χ3n) is 4.40. The van der Waals surface area contributed by atoms with E-state index in [4.69, 9.17) is 14.2 Å². The van der Waals surface area contributed by atoms with Gasteiger partial charge in [0.05, 0.1) is 7.11 Å². The van der Waals surface area contributed by atoms with Crippen LogP contribution in [0.25, 0.3) is 0 Å². The van der Waals surface area contributed by atoms with E-state index in [2.05, 4.69) is 15.0 Å². The molecule has 3 aromatic rings. The minimum atomic E-state index is -4.73. The molecular weight excluding hydrogens is 449 g/mol. The second kappa shape index (κ2) is 8.95. The number of anilines is 1. The number of halogens is 3. The number of fused-ring (bicyclic) bond motifs is 1. The van der Waals surface area contributed by atoms with Crippen molar-refractivity contribution < 1.29 is 36.9 Å². The molecule has 0 bridgehead atoms. The van der Waals surface area contributed by atoms with Gasteiger partial charge in [-0.3, -0.25) is 10.1 Å². The molecule has 0 spiro atoms. The molecule has 0 atom stereocenters. The molecule has 7 nitrogen and oxygen atoms in total. The predicted molar refractivity (Wildman–Crippen MR) is 110 cm³/mol. The number of nitrogens with one attached hydrogen (secondary N) is 1. The van der Waals surface area contributed by atoms with Gasteiger partial charge in [0.15, 0.2) is 16.6 Å². The van der Waals surface area contributed by atoms with Gasteiger partial charge in [-0.25, -0.2) is 4.98 Å². The zero-order valence-corrected chi connectivity index (χ0v) is 17.5. The molecule has 0 fully saturated rings. The Morgan fingerprint density at radius 2 is 1.94 bits per heavy atom. The maximum absolute atomic E-state index is 12.7. The molecule has 1 amide bonds. The molecule has 0 aliphatic carbocycles. The number of alkyl halides is 3. The maximum atomic E-state index is 12.7. The highest BCUT2D eigenvalue weighted by molar-refractivity contribution is 7.15. The first kappa shape index (κ1) is 21.8. The first-order chi connectivity index (χ1) is 15.3. The number of thiazole rings is 1. The normalized spacial score (nSPS) is 12.9. The molecule has 0 radical (unpaired) electrons. The Morgan fingerprint density at radius 1 is 1.19 bits per heavy atom. The van der Waals surface area contributed by atoms with Crippen LogP contribution in [0.15, 0.2) is 42.6 Å². The van der Waals surface area contributed by atoms with Crippen molar-refractivity contribution in [3.05, 3.63) is 58.6 Å². The van der Waals surface area contributed by atoms with Gasteiger partial charge in [-0.05, 0) is 29.8 Å². The number of nitrogens with zero attached hydrogens (tertiary/aromatic N) is 1. The summed E-state index contributed by atoms with van der Waals surface area (Å²) in [5, 5.41) is 3.11. The summed E-state index contributed by atoms with van der Waals surface area (Å²) in [6, 6.07) is 8.72. The van der Waals surface area contributed by atoms with Gasteiger partial charge in [0.2, 0.25) is 5.75 Å². The van der Waals surface area contributed by atoms with Crippen molar-refractivity contribution in [1.82, 2.24) is 4.98 Å². The monoisotopic (exact) mass is 466 g/mol. The number of rotatable bonds is 6. The average Bonchev–Trinajstić information content (AvgIpc) is 3.20. The molecule has 2 aromatic carbocycles. The quantitative estimate of drug-likeness (QED) is 0.569. The minimum absolute atomic E-state index is 0.284. The SMILES string of the molecule is COc1cc(C(=O)Nc2ncc(Cc3ccc(OC(F)(F)F)cc3)s2)cc2c1OCCO2. The van der Waals surface area contributed by atoms with E-state index in [-0.39, 0.29) is 5.75 Å². The zero-order valence-electron chi connectivity index (χ0n) is 16.7. The van der Waals surface area contributed by atoms with Gasteiger partial charge in [0.1, 0.15) is 19.0 Å². The maximum Gasteiger partial charge on any atom is 0.573 e. The van der Waals surface area contributed by atoms with E-state index in [1.54, 1.807) is 30.5 Å². The summed E-state index contributed by atoms with van der Waals surface area (Å²) >= 11 is 1.26. The lowest BCUT2D eigenvalue weighted by atomic mass is 10.1. The number of methoxy groups -OCH3 is 1. The molecule has 2 heterocycles. The average molecular weight is 466 g/mol. The molecule has 0 saturated heterocycles. The van der Waals surface area contributed by atoms with Crippen LogP contribution in [0.3, 0.4) is 0 Å². The lowest BCUT2D eigenvalue weighted by molar-refractivity contribution is -0.274. The second-order valence-electron chi connectivity index (χ2n) is 6.66. The highest BCUT2D eigenvalue weighted by atomic mass is 32.1. The summed E-state index contributed by atoms with van der Waals surface area (Å²) in [4.78, 5) is 17.7. The van der Waals surface area contributed by atoms with Gasteiger partial charge >= 0.3 is 6.36 Å². The minimum Gasteiger partial charge on any atom is -0.493 e. The van der Waals surface area contributed by atoms with Crippen LogP contribution in [0.4, 0.5) is 18.3 Å². The molecule has 32 heavy (non-hydrogen) atoms. The summed E-state index contributed by atoms with van der Waals surface area (Å²) in [5.41, 5.74) is 1.10. The molecular formula is C21H17F3N2O5S. The van der Waals surface area contributed by atoms with Crippen LogP contribution in [-0.2, 0) is 6.42 Å². The van der Waals surface area contributed by atoms with Crippen LogP contribution < -0.4 is 24.3 Å². The Bertz CT molecular complexity index is 1100. The van der Waals surface area contributed by atoms with Crippen molar-refractivity contribution in [3.8, 4) is 23.0 Å². The Balaban J connectivity index is 1.42. The summed E-state index contributed by atoms with van der Waals surface area (Å²) in [7, 11) is 1.48. The summed E-state index contributed by atoms with van der Waals surface area (Å²) < 4.78 is 57.0. The first-order valence-electron chi connectivity index (χ1n) is 9.39. The summed E-state index contributed by atoms with van der Waals surface area (Å²) in [5.74, 6) is 0.602. The van der Waals surface area contributed by atoms with Gasteiger partial charge in [0.25, 0.3) is 5.91 Å². The zero-order chi connectivity index (χ0) is 22.7. The van der Waals surface area contributed by atoms with Crippen LogP contribution in [0, 0.1) is 0 Å². The molecule has 1 aliphatic heterocycles. The summed E-state index contributed by atoms with van der Waals surface area (Å²) in [6.07, 6.45) is -2.68. The molecule has 0 saturated carbocycles. The van der Waals surface area contributed by atoms with Gasteiger partial charge in [0, 0.05) is 23.1 Å². The first-order valence-corrected chi connectivity index (χ1v) is 10.2. The van der Waals surface area contributed by atoms with E-state index in [0.29, 0.717) is 47.6 Å². The molecule has 168 valence electrons. The number of ether oxygens (including phenoxy) is 4. The summed E-state index contributed by atoms with van der Waals surface area (Å²) in [6.45, 7) is 0.773. The fourth-order valence-corrected chi connectivity index (χ4v) is 3.87. The Hall–Kier alpha value is -3.47. The number of aromatic nitrogens is 1. The number of carbonyl (C=O) groups is 1. The van der Waals surface area contributed by atoms with E-state index < -0.39 is 12.3 Å². The number of carbonyl (C=O) groups excluding carboxylic acids is 1. The Kier molecular flexibility index (Phi) is 6.08. The molecule has 1 aromatic heterocycles. The van der Waals surface area contributed by atoms with Crippen LogP contribution in [-0.4, -0.2) is 37.6 Å². The van der Waals surface area contributed by atoms with Gasteiger partial charge in [-0.15, -0.1) is 24.5 Å². The molecule has 4 rings (SSSR count). The third-order valence-corrected chi connectivity index (χ3v) is 5.31. The highest BCUT2D eigenvalue weighted by Gasteiger charge is 2.31. The van der Waals surface area contributed by atoms with E-state index >= 15 is 0 Å². The predicted octanol–water partition coefficient (Wildman–Crippen LogP) is 4.66. The number of hydrogen-bond acceptors (Lipinski definition) is 7. The van der Waals surface area contributed by atoms with Gasteiger partial charge in [-0.2, -0.15) is 0 Å². The van der Waals surface area contributed by atoms with Crippen molar-refractivity contribution >= 4 is 22.4 Å². The largest absolute Gasteiger partial charge is 0.573 e. The van der Waals surface area contributed by atoms with Crippen LogP contribution in [0.5, 0.6) is 23.0 Å². The Morgan fingerprint density at radius 3 is 2.66 bits per heavy atom. The lowest BCUT2D eigenvalue weighted by Gasteiger charge is -2.21. The van der Waals surface area contributed by atoms with Crippen LogP contribution >= 0.6 is 11.3 Å². The van der Waals surface area contributed by atoms with Crippen LogP contribution in [0.2, 0.25) is 0 Å². The Labute approximate surface area is 184 Å². The van der Waals surface area contributed by atoms with E-state index in [1.807, 2.05) is 0 Å².